The van der Waals surface area contributed by atoms with Gasteiger partial charge < -0.3 is 15.1 Å². The summed E-state index contributed by atoms with van der Waals surface area (Å²) in [6, 6.07) is 4.10. The molecule has 2 heterocycles. The molecule has 1 aromatic carbocycles. The van der Waals surface area contributed by atoms with E-state index >= 15 is 0 Å². The van der Waals surface area contributed by atoms with Crippen molar-refractivity contribution in [3.8, 4) is 0 Å². The molecule has 1 amide bonds. The number of β-amino-alcohol motifs (C(OH)–C–C–N with tert-alkyl or cyclic N) is 1. The lowest BCUT2D eigenvalue weighted by Crippen LogP contribution is -2.55. The number of aliphatic hydroxyl groups excluding tert-OH is 1. The summed E-state index contributed by atoms with van der Waals surface area (Å²) in [4.78, 5) is 40.6. The van der Waals surface area contributed by atoms with Crippen LogP contribution in [-0.4, -0.2) is 68.0 Å². The number of rotatable bonds is 5. The fourth-order valence-corrected chi connectivity index (χ4v) is 7.11. The van der Waals surface area contributed by atoms with E-state index in [2.05, 4.69) is 5.10 Å². The molecule has 224 valence electrons. The lowest BCUT2D eigenvalue weighted by Gasteiger charge is -2.39. The molecule has 4 aliphatic rings. The number of amides is 1. The highest BCUT2D eigenvalue weighted by Crippen LogP contribution is 2.60. The van der Waals surface area contributed by atoms with Gasteiger partial charge in [-0.05, 0) is 61.6 Å². The van der Waals surface area contributed by atoms with Crippen molar-refractivity contribution in [2.75, 3.05) is 13.1 Å². The Hall–Kier alpha value is -3.18. The predicted octanol–water partition coefficient (Wildman–Crippen LogP) is 4.64. The number of aliphatic carboxylic acids is 1. The summed E-state index contributed by atoms with van der Waals surface area (Å²) in [6.07, 6.45) is -1.71. The number of fused-ring (bicyclic) bond motifs is 1. The van der Waals surface area contributed by atoms with E-state index in [4.69, 9.17) is 11.6 Å². The van der Waals surface area contributed by atoms with Gasteiger partial charge in [-0.15, -0.1) is 0 Å². The van der Waals surface area contributed by atoms with Crippen LogP contribution in [0.3, 0.4) is 0 Å². The average molecular weight is 606 g/mol. The Bertz CT molecular complexity index is 1510. The molecule has 2 aromatic rings. The highest BCUT2D eigenvalue weighted by Gasteiger charge is 2.65. The first-order valence-electron chi connectivity index (χ1n) is 14.2. The Morgan fingerprint density at radius 1 is 1.12 bits per heavy atom. The van der Waals surface area contributed by atoms with Gasteiger partial charge in [-0.2, -0.15) is 23.0 Å². The Labute approximate surface area is 245 Å². The number of allylic oxidation sites excluding steroid dienone is 2. The van der Waals surface area contributed by atoms with E-state index in [0.29, 0.717) is 37.1 Å². The fourth-order valence-electron chi connectivity index (χ4n) is 6.86. The topological polar surface area (TPSA) is 113 Å². The van der Waals surface area contributed by atoms with E-state index < -0.39 is 41.4 Å². The van der Waals surface area contributed by atoms with Crippen LogP contribution in [0.4, 0.5) is 13.2 Å². The summed E-state index contributed by atoms with van der Waals surface area (Å²) in [7, 11) is 0. The average Bonchev–Trinajstić information content (AvgIpc) is 3.66. The molecule has 6 rings (SSSR count). The maximum Gasteiger partial charge on any atom is 0.398 e. The van der Waals surface area contributed by atoms with Crippen molar-refractivity contribution in [2.45, 2.75) is 69.6 Å². The highest BCUT2D eigenvalue weighted by atomic mass is 35.5. The van der Waals surface area contributed by atoms with Crippen molar-refractivity contribution >= 4 is 35.0 Å². The summed E-state index contributed by atoms with van der Waals surface area (Å²) in [5.74, 6) is -3.13. The van der Waals surface area contributed by atoms with E-state index in [1.807, 2.05) is 13.0 Å². The Balaban J connectivity index is 1.44. The number of alkyl halides is 3. The molecule has 0 bridgehead atoms. The zero-order valence-electron chi connectivity index (χ0n) is 23.0. The second-order valence-corrected chi connectivity index (χ2v) is 12.5. The van der Waals surface area contributed by atoms with E-state index in [1.165, 1.54) is 18.2 Å². The molecule has 3 unspecified atom stereocenters. The minimum atomic E-state index is -4.57. The number of carbonyl (C=O) groups excluding carboxylic acids is 2. The number of carboxylic acid groups (broad SMARTS) is 1. The molecular formula is C30H31ClF3N3O5. The zero-order valence-corrected chi connectivity index (χ0v) is 23.7. The molecule has 1 aliphatic heterocycles. The van der Waals surface area contributed by atoms with Gasteiger partial charge in [0.1, 0.15) is 0 Å². The number of likely N-dealkylation sites (tertiary alicyclic amines) is 1. The number of hydrogen-bond acceptors (Lipinski definition) is 5. The van der Waals surface area contributed by atoms with Crippen LogP contribution in [0.1, 0.15) is 71.9 Å². The summed E-state index contributed by atoms with van der Waals surface area (Å²) in [6.45, 7) is 2.29. The van der Waals surface area contributed by atoms with Crippen LogP contribution >= 0.6 is 11.6 Å². The summed E-state index contributed by atoms with van der Waals surface area (Å²) in [5, 5.41) is 23.8. The molecular weight excluding hydrogens is 575 g/mol. The minimum Gasteiger partial charge on any atom is -0.481 e. The third kappa shape index (κ3) is 4.65. The highest BCUT2D eigenvalue weighted by molar-refractivity contribution is 6.34. The van der Waals surface area contributed by atoms with Crippen LogP contribution in [0.5, 0.6) is 0 Å². The van der Waals surface area contributed by atoms with Crippen LogP contribution in [0, 0.1) is 17.8 Å². The van der Waals surface area contributed by atoms with E-state index in [0.717, 1.165) is 15.8 Å². The van der Waals surface area contributed by atoms with E-state index in [-0.39, 0.29) is 60.3 Å². The van der Waals surface area contributed by atoms with Crippen LogP contribution in [0.25, 0.3) is 5.57 Å². The number of benzene rings is 1. The molecule has 1 saturated carbocycles. The van der Waals surface area contributed by atoms with Crippen molar-refractivity contribution in [3.05, 3.63) is 57.4 Å². The third-order valence-corrected chi connectivity index (χ3v) is 9.78. The van der Waals surface area contributed by atoms with Crippen LogP contribution in [-0.2, 0) is 27.8 Å². The molecule has 2 N–H and O–H groups in total. The second-order valence-electron chi connectivity index (χ2n) is 12.1. The number of halogens is 4. The van der Waals surface area contributed by atoms with Crippen LogP contribution in [0.2, 0.25) is 5.02 Å². The van der Waals surface area contributed by atoms with Gasteiger partial charge in [0.15, 0.2) is 0 Å². The number of carbonyl (C=O) groups is 3. The normalized spacial score (nSPS) is 25.3. The van der Waals surface area contributed by atoms with E-state index in [1.54, 1.807) is 4.90 Å². The zero-order chi connectivity index (χ0) is 30.1. The van der Waals surface area contributed by atoms with Crippen LogP contribution in [0.15, 0.2) is 24.3 Å². The van der Waals surface area contributed by atoms with Gasteiger partial charge in [-0.25, -0.2) is 0 Å². The van der Waals surface area contributed by atoms with Crippen molar-refractivity contribution in [2.24, 2.45) is 17.8 Å². The fraction of sp³-hybridized carbons (Fsp3) is 0.533. The van der Waals surface area contributed by atoms with Crippen molar-refractivity contribution in [3.63, 3.8) is 0 Å². The molecule has 8 nitrogen and oxygen atoms in total. The maximum atomic E-state index is 14.2. The lowest BCUT2D eigenvalue weighted by molar-refractivity contribution is -0.160. The standard InChI is InChI=1S/C30H31ClF3N3O5/c1-15-11-16(5-7-19(15)28(41)42)25-20-8-6-17(26(39)36-13-18(38)14-36)12-23(20)37(35-25)27(40)24-21(3-2-4-22(24)31)29(9-10-29)30(32,33)34/h2-4,11,15,17-19,38H,5-10,12-14H2,1H3,(H,41,42). The van der Waals surface area contributed by atoms with Crippen molar-refractivity contribution < 1.29 is 37.8 Å². The van der Waals surface area contributed by atoms with Crippen LogP contribution < -0.4 is 0 Å². The molecule has 0 spiro atoms. The first-order chi connectivity index (χ1) is 19.8. The third-order valence-electron chi connectivity index (χ3n) is 9.47. The predicted molar refractivity (Wildman–Crippen MR) is 146 cm³/mol. The maximum absolute atomic E-state index is 14.2. The molecule has 3 atom stereocenters. The van der Waals surface area contributed by atoms with Gasteiger partial charge in [0, 0.05) is 31.0 Å². The van der Waals surface area contributed by atoms with Gasteiger partial charge >= 0.3 is 12.1 Å². The van der Waals surface area contributed by atoms with Gasteiger partial charge in [0.25, 0.3) is 5.91 Å². The smallest absolute Gasteiger partial charge is 0.398 e. The number of nitrogens with zero attached hydrogens (tertiary/aromatic N) is 3. The molecule has 2 fully saturated rings. The van der Waals surface area contributed by atoms with E-state index in [9.17, 15) is 37.8 Å². The Kier molecular flexibility index (Phi) is 7.04. The van der Waals surface area contributed by atoms with Crippen molar-refractivity contribution in [1.29, 1.82) is 0 Å². The quantitative estimate of drug-likeness (QED) is 0.514. The Morgan fingerprint density at radius 2 is 1.83 bits per heavy atom. The van der Waals surface area contributed by atoms with Gasteiger partial charge in [0.2, 0.25) is 5.91 Å². The molecule has 3 aliphatic carbocycles. The molecule has 42 heavy (non-hydrogen) atoms. The number of carboxylic acids is 1. The molecule has 1 saturated heterocycles. The first kappa shape index (κ1) is 28.9. The molecule has 0 radical (unpaired) electrons. The van der Waals surface area contributed by atoms with Crippen molar-refractivity contribution in [1.82, 2.24) is 14.7 Å². The number of aromatic nitrogens is 2. The molecule has 12 heteroatoms. The number of aliphatic hydroxyl groups is 1. The Morgan fingerprint density at radius 3 is 2.43 bits per heavy atom. The summed E-state index contributed by atoms with van der Waals surface area (Å²) < 4.78 is 43.7. The van der Waals surface area contributed by atoms with Gasteiger partial charge in [-0.3, -0.25) is 14.4 Å². The second kappa shape index (κ2) is 10.2. The molecule has 1 aromatic heterocycles. The monoisotopic (exact) mass is 605 g/mol. The minimum absolute atomic E-state index is 0.105. The SMILES string of the molecule is CC1C=C(c2nn(C(=O)c3c(Cl)cccc3C3(C(F)(F)F)CC3)c3c2CCC(C(=O)N2CC(O)C2)C3)CCC1C(=O)O. The van der Waals surface area contributed by atoms with Gasteiger partial charge in [-0.1, -0.05) is 36.7 Å². The lowest BCUT2D eigenvalue weighted by atomic mass is 9.78. The van der Waals surface area contributed by atoms with Gasteiger partial charge in [0.05, 0.1) is 39.4 Å². The summed E-state index contributed by atoms with van der Waals surface area (Å²) in [5.41, 5.74) is -0.0702. The first-order valence-corrected chi connectivity index (χ1v) is 14.6. The number of hydrogen-bond donors (Lipinski definition) is 2. The summed E-state index contributed by atoms with van der Waals surface area (Å²) >= 11 is 6.44. The largest absolute Gasteiger partial charge is 0.481 e.